The standard InChI is InChI=1S/C50H52N4O17S4/c1-7-52-38-19-17-34-36(25-31(72(60,61)62)27-41(34)74(66,67)68)46(38)49(3,4)43(52)21-14-29(33-16-13-30(24-40(33)54(58)59)48(57)51-23-11-9-10-12-45(55)56)15-22-44-50(5,6)47-37-26-32(73(63,64)65)28-42(75(69,70)71)35(37)18-20-39(47)53(44)8-2/h13-22,24-28H,7-12,23H2,1-6H3,(H5-,51,55,56,57,60,61,62,63,64,65,66,67,68,69,70,71)/p+1. The van der Waals surface area contributed by atoms with Crippen LogP contribution in [0.4, 0.5) is 17.1 Å². The van der Waals surface area contributed by atoms with Gasteiger partial charge in [-0.3, -0.25) is 37.9 Å². The highest BCUT2D eigenvalue weighted by molar-refractivity contribution is 7.87. The zero-order chi connectivity index (χ0) is 55.5. The smallest absolute Gasteiger partial charge is 0.303 e. The first-order valence-electron chi connectivity index (χ1n) is 23.2. The van der Waals surface area contributed by atoms with Crippen LogP contribution in [0.15, 0.2) is 116 Å². The van der Waals surface area contributed by atoms with E-state index in [0.717, 1.165) is 18.2 Å². The van der Waals surface area contributed by atoms with E-state index in [0.29, 0.717) is 65.3 Å². The van der Waals surface area contributed by atoms with Gasteiger partial charge in [0.25, 0.3) is 52.1 Å². The number of nitrogens with one attached hydrogen (secondary N) is 1. The molecule has 0 bridgehead atoms. The number of amides is 1. The molecular formula is C50H53N4O17S4+. The summed E-state index contributed by atoms with van der Waals surface area (Å²) < 4.78 is 143. The number of aliphatic carboxylic acids is 1. The summed E-state index contributed by atoms with van der Waals surface area (Å²) in [6.07, 6.45) is 7.80. The molecule has 5 aromatic carbocycles. The van der Waals surface area contributed by atoms with Crippen molar-refractivity contribution in [2.75, 3.05) is 24.5 Å². The van der Waals surface area contributed by atoms with Crippen molar-refractivity contribution in [3.8, 4) is 0 Å². The molecule has 0 aromatic heterocycles. The predicted octanol–water partition coefficient (Wildman–Crippen LogP) is 8.00. The number of hydrogen-bond acceptors (Lipinski definition) is 13. The highest BCUT2D eigenvalue weighted by atomic mass is 32.2. The number of benzene rings is 5. The maximum Gasteiger partial charge on any atom is 0.303 e. The van der Waals surface area contributed by atoms with Gasteiger partial charge in [0, 0.05) is 76.4 Å². The lowest BCUT2D eigenvalue weighted by molar-refractivity contribution is -0.433. The number of rotatable bonds is 18. The fourth-order valence-electron chi connectivity index (χ4n) is 10.2. The Morgan fingerprint density at radius 1 is 0.720 bits per heavy atom. The number of anilines is 1. The lowest BCUT2D eigenvalue weighted by Gasteiger charge is -2.26. The summed E-state index contributed by atoms with van der Waals surface area (Å²) in [6, 6.07) is 13.4. The number of hydrogen-bond donors (Lipinski definition) is 6. The van der Waals surface area contributed by atoms with Crippen LogP contribution in [0.2, 0.25) is 0 Å². The van der Waals surface area contributed by atoms with Crippen molar-refractivity contribution in [2.45, 2.75) is 97.6 Å². The van der Waals surface area contributed by atoms with Crippen LogP contribution < -0.4 is 10.2 Å². The molecule has 1 amide bonds. The molecule has 21 nitrogen and oxygen atoms in total. The van der Waals surface area contributed by atoms with E-state index >= 15 is 0 Å². The van der Waals surface area contributed by atoms with E-state index in [1.807, 2.05) is 23.3 Å². The summed E-state index contributed by atoms with van der Waals surface area (Å²) in [6.45, 7) is 11.4. The Bertz CT molecular complexity index is 3900. The molecule has 5 aromatic rings. The van der Waals surface area contributed by atoms with Gasteiger partial charge >= 0.3 is 5.97 Å². The third kappa shape index (κ3) is 10.8. The van der Waals surface area contributed by atoms with Crippen molar-refractivity contribution < 1.29 is 76.1 Å². The number of nitro groups is 1. The van der Waals surface area contributed by atoms with E-state index in [2.05, 4.69) is 5.32 Å². The maximum atomic E-state index is 13.4. The molecule has 0 unspecified atom stereocenters. The second kappa shape index (κ2) is 20.1. The van der Waals surface area contributed by atoms with Crippen LogP contribution in [0.3, 0.4) is 0 Å². The van der Waals surface area contributed by atoms with Gasteiger partial charge in [-0.15, -0.1) is 0 Å². The quantitative estimate of drug-likeness (QED) is 0.0121. The number of carbonyl (C=O) groups excluding carboxylic acids is 1. The average molecular weight is 1110 g/mol. The van der Waals surface area contributed by atoms with Crippen LogP contribution in [0.25, 0.3) is 27.1 Å². The van der Waals surface area contributed by atoms with Gasteiger partial charge in [0.2, 0.25) is 5.69 Å². The molecule has 0 aliphatic carbocycles. The molecule has 0 atom stereocenters. The van der Waals surface area contributed by atoms with Crippen LogP contribution >= 0.6 is 0 Å². The Kier molecular flexibility index (Phi) is 15.0. The number of carbonyl (C=O) groups is 2. The number of fused-ring (bicyclic) bond motifs is 6. The van der Waals surface area contributed by atoms with Gasteiger partial charge in [0.05, 0.1) is 25.7 Å². The van der Waals surface area contributed by atoms with Gasteiger partial charge < -0.3 is 15.3 Å². The fraction of sp³-hybridized carbons (Fsp3) is 0.300. The minimum atomic E-state index is -5.05. The average Bonchev–Trinajstić information content (AvgIpc) is 3.68. The number of nitro benzene ring substituents is 1. The second-order valence-corrected chi connectivity index (χ2v) is 24.6. The molecule has 2 heterocycles. The number of likely N-dealkylation sites (N-methyl/N-ethyl adjacent to an activating group) is 1. The molecule has 0 fully saturated rings. The SMILES string of the molecule is CCN1/C(=C/C=C(/C=C/C2=[N+](CC)c3ccc4c(S(=O)(=O)O)cc(S(=O)(=O)O)cc4c3C2(C)C)c2ccc(C(=O)NCCCCCC(=O)O)cc2[N+](=O)[O-])C(C)(C)c2c1ccc1c(S(=O)(=O)O)cc(S(=O)(=O)O)cc21. The number of carboxylic acid groups (broad SMARTS) is 1. The van der Waals surface area contributed by atoms with E-state index in [1.165, 1.54) is 24.3 Å². The van der Waals surface area contributed by atoms with Crippen LogP contribution in [0.5, 0.6) is 0 Å². The summed E-state index contributed by atoms with van der Waals surface area (Å²) in [5.74, 6) is -1.58. The fourth-order valence-corrected chi connectivity index (χ4v) is 12.9. The van der Waals surface area contributed by atoms with Gasteiger partial charge in [-0.1, -0.05) is 32.4 Å². The number of unbranched alkanes of at least 4 members (excludes halogenated alkanes) is 2. The molecule has 75 heavy (non-hydrogen) atoms. The summed E-state index contributed by atoms with van der Waals surface area (Å²) >= 11 is 0. The molecule has 25 heteroatoms. The van der Waals surface area contributed by atoms with E-state index in [-0.39, 0.29) is 64.3 Å². The van der Waals surface area contributed by atoms with Crippen molar-refractivity contribution in [2.24, 2.45) is 0 Å². The topological polar surface area (TPSA) is 333 Å². The van der Waals surface area contributed by atoms with Crippen LogP contribution in [-0.2, 0) is 56.1 Å². The van der Waals surface area contributed by atoms with Gasteiger partial charge in [-0.05, 0) is 123 Å². The molecule has 0 radical (unpaired) electrons. The number of allylic oxidation sites excluding steroid dienone is 6. The highest BCUT2D eigenvalue weighted by Gasteiger charge is 2.46. The first-order valence-corrected chi connectivity index (χ1v) is 28.9. The molecule has 6 N–H and O–H groups in total. The highest BCUT2D eigenvalue weighted by Crippen LogP contribution is 2.52. The molecule has 2 aliphatic rings. The summed E-state index contributed by atoms with van der Waals surface area (Å²) in [5, 5.41) is 24.8. The van der Waals surface area contributed by atoms with Crippen molar-refractivity contribution in [3.63, 3.8) is 0 Å². The summed E-state index contributed by atoms with van der Waals surface area (Å²) in [5.41, 5.74) is 0.305. The summed E-state index contributed by atoms with van der Waals surface area (Å²) in [7, 11) is -20.1. The van der Waals surface area contributed by atoms with Crippen molar-refractivity contribution >= 4 is 102 Å². The van der Waals surface area contributed by atoms with E-state index < -0.39 is 93.4 Å². The van der Waals surface area contributed by atoms with Crippen molar-refractivity contribution in [1.29, 1.82) is 0 Å². The Balaban J connectivity index is 1.44. The van der Waals surface area contributed by atoms with E-state index in [9.17, 15) is 71.6 Å². The lowest BCUT2D eigenvalue weighted by atomic mass is 9.78. The van der Waals surface area contributed by atoms with Gasteiger partial charge in [0.1, 0.15) is 16.3 Å². The van der Waals surface area contributed by atoms with Crippen LogP contribution in [-0.4, -0.2) is 104 Å². The zero-order valence-corrected chi connectivity index (χ0v) is 44.5. The molecule has 398 valence electrons. The van der Waals surface area contributed by atoms with Crippen molar-refractivity contribution in [3.05, 3.63) is 129 Å². The second-order valence-electron chi connectivity index (χ2n) is 18.9. The third-order valence-electron chi connectivity index (χ3n) is 13.5. The molecule has 0 saturated carbocycles. The number of nitrogens with zero attached hydrogens (tertiary/aromatic N) is 3. The van der Waals surface area contributed by atoms with Crippen LogP contribution in [0.1, 0.15) is 94.3 Å². The molecular weight excluding hydrogens is 1060 g/mol. The minimum Gasteiger partial charge on any atom is -0.481 e. The summed E-state index contributed by atoms with van der Waals surface area (Å²) in [4.78, 5) is 35.4. The Morgan fingerprint density at radius 2 is 1.29 bits per heavy atom. The van der Waals surface area contributed by atoms with Crippen LogP contribution in [0, 0.1) is 10.1 Å². The monoisotopic (exact) mass is 1110 g/mol. The molecule has 7 rings (SSSR count). The lowest BCUT2D eigenvalue weighted by Crippen LogP contribution is -2.28. The van der Waals surface area contributed by atoms with Gasteiger partial charge in [-0.2, -0.15) is 38.2 Å². The first kappa shape index (κ1) is 56.0. The third-order valence-corrected chi connectivity index (χ3v) is 17.0. The first-order chi connectivity index (χ1) is 34.7. The largest absolute Gasteiger partial charge is 0.481 e. The maximum absolute atomic E-state index is 13.4. The van der Waals surface area contributed by atoms with E-state index in [4.69, 9.17) is 5.11 Å². The Hall–Kier alpha value is -6.71. The van der Waals surface area contributed by atoms with E-state index in [1.54, 1.807) is 64.1 Å². The molecule has 0 spiro atoms. The van der Waals surface area contributed by atoms with Gasteiger partial charge in [-0.25, -0.2) is 0 Å². The molecule has 0 saturated heterocycles. The van der Waals surface area contributed by atoms with Gasteiger partial charge in [0.15, 0.2) is 5.71 Å². The zero-order valence-electron chi connectivity index (χ0n) is 41.2. The predicted molar refractivity (Wildman–Crippen MR) is 278 cm³/mol. The van der Waals surface area contributed by atoms with Crippen molar-refractivity contribution in [1.82, 2.24) is 5.32 Å². The minimum absolute atomic E-state index is 0.0220. The molecule has 2 aliphatic heterocycles. The normalized spacial score (nSPS) is 16.3. The Morgan fingerprint density at radius 3 is 1.81 bits per heavy atom. The Labute approximate surface area is 432 Å². The number of carboxylic acids is 1.